The molecule has 2 atom stereocenters. The van der Waals surface area contributed by atoms with Crippen LogP contribution in [0.2, 0.25) is 0 Å². The first-order valence-electron chi connectivity index (χ1n) is 5.82. The second-order valence-corrected chi connectivity index (χ2v) is 7.01. The zero-order valence-corrected chi connectivity index (χ0v) is 14.3. The quantitative estimate of drug-likeness (QED) is 0.709. The van der Waals surface area contributed by atoms with Crippen LogP contribution < -0.4 is 5.32 Å². The van der Waals surface area contributed by atoms with Crippen molar-refractivity contribution in [2.45, 2.75) is 25.9 Å². The van der Waals surface area contributed by atoms with Crippen molar-refractivity contribution >= 4 is 43.2 Å². The van der Waals surface area contributed by atoms with Gasteiger partial charge in [0.05, 0.1) is 0 Å². The van der Waals surface area contributed by atoms with Crippen LogP contribution >= 0.6 is 43.2 Å². The van der Waals surface area contributed by atoms with Gasteiger partial charge in [-0.1, -0.05) is 28.1 Å². The summed E-state index contributed by atoms with van der Waals surface area (Å²) < 4.78 is 2.31. The van der Waals surface area contributed by atoms with Crippen LogP contribution in [0.3, 0.4) is 0 Å². The second kappa shape index (κ2) is 6.33. The Bertz CT molecular complexity index is 507. The Morgan fingerprint density at radius 1 is 1.00 bits per heavy atom. The Balaban J connectivity index is 2.05. The second-order valence-electron chi connectivity index (χ2n) is 4.29. The molecular weight excluding hydrogens is 374 g/mol. The van der Waals surface area contributed by atoms with E-state index < -0.39 is 0 Å². The molecule has 2 rings (SSSR count). The summed E-state index contributed by atoms with van der Waals surface area (Å²) in [6, 6.07) is 11.2. The van der Waals surface area contributed by atoms with Gasteiger partial charge in [0.1, 0.15) is 0 Å². The van der Waals surface area contributed by atoms with Crippen LogP contribution in [0, 0.1) is 0 Å². The molecule has 0 aliphatic carbocycles. The Kier molecular flexibility index (Phi) is 5.01. The Morgan fingerprint density at radius 2 is 1.67 bits per heavy atom. The normalized spacial score (nSPS) is 14.4. The van der Waals surface area contributed by atoms with Gasteiger partial charge in [-0.2, -0.15) is 0 Å². The number of hydrogen-bond acceptors (Lipinski definition) is 2. The van der Waals surface area contributed by atoms with E-state index >= 15 is 0 Å². The van der Waals surface area contributed by atoms with Gasteiger partial charge in [0, 0.05) is 25.9 Å². The fourth-order valence-corrected chi connectivity index (χ4v) is 3.91. The molecule has 0 aliphatic rings. The topological polar surface area (TPSA) is 12.0 Å². The third kappa shape index (κ3) is 3.44. The maximum atomic E-state index is 3.62. The highest BCUT2D eigenvalue weighted by Crippen LogP contribution is 2.30. The van der Waals surface area contributed by atoms with E-state index in [0.717, 1.165) is 4.47 Å². The van der Waals surface area contributed by atoms with Crippen LogP contribution in [0.1, 0.15) is 36.4 Å². The smallest absolute Gasteiger partial charge is 0.0402 e. The monoisotopic (exact) mass is 387 g/mol. The fraction of sp³-hybridized carbons (Fsp3) is 0.286. The van der Waals surface area contributed by atoms with Crippen molar-refractivity contribution in [1.82, 2.24) is 5.32 Å². The van der Waals surface area contributed by atoms with Crippen molar-refractivity contribution in [3.8, 4) is 0 Å². The first kappa shape index (κ1) is 14.3. The summed E-state index contributed by atoms with van der Waals surface area (Å²) in [4.78, 5) is 1.35. The number of halogens is 2. The molecule has 1 aromatic heterocycles. The lowest BCUT2D eigenvalue weighted by molar-refractivity contribution is 0.499. The van der Waals surface area contributed by atoms with Crippen molar-refractivity contribution in [3.05, 3.63) is 55.1 Å². The molecule has 1 nitrogen and oxygen atoms in total. The van der Waals surface area contributed by atoms with E-state index in [1.807, 2.05) is 0 Å². The fourth-order valence-electron chi connectivity index (χ4n) is 1.91. The number of rotatable bonds is 4. The van der Waals surface area contributed by atoms with Crippen LogP contribution in [-0.4, -0.2) is 0 Å². The average molecular weight is 389 g/mol. The summed E-state index contributed by atoms with van der Waals surface area (Å²) in [6.07, 6.45) is 0. The molecule has 0 spiro atoms. The van der Waals surface area contributed by atoms with Crippen LogP contribution in [0.4, 0.5) is 0 Å². The number of nitrogens with one attached hydrogen (secondary N) is 1. The van der Waals surface area contributed by atoms with Gasteiger partial charge in [-0.3, -0.25) is 0 Å². The molecule has 0 amide bonds. The van der Waals surface area contributed by atoms with Crippen LogP contribution in [0.15, 0.2) is 44.7 Å². The van der Waals surface area contributed by atoms with Gasteiger partial charge in [0.15, 0.2) is 0 Å². The zero-order chi connectivity index (χ0) is 13.1. The van der Waals surface area contributed by atoms with Crippen molar-refractivity contribution in [2.24, 2.45) is 0 Å². The predicted molar refractivity (Wildman–Crippen MR) is 86.1 cm³/mol. The van der Waals surface area contributed by atoms with Gasteiger partial charge >= 0.3 is 0 Å². The van der Waals surface area contributed by atoms with E-state index in [9.17, 15) is 0 Å². The van der Waals surface area contributed by atoms with E-state index in [-0.39, 0.29) is 0 Å². The Labute approximate surface area is 129 Å². The van der Waals surface area contributed by atoms with Gasteiger partial charge in [-0.15, -0.1) is 11.3 Å². The molecule has 0 fully saturated rings. The molecule has 1 unspecified atom stereocenters. The molecule has 0 saturated heterocycles. The minimum Gasteiger partial charge on any atom is -0.303 e. The number of benzene rings is 1. The molecule has 2 aromatic rings. The first-order valence-corrected chi connectivity index (χ1v) is 8.29. The maximum Gasteiger partial charge on any atom is 0.0402 e. The lowest BCUT2D eigenvalue weighted by Gasteiger charge is -2.20. The summed E-state index contributed by atoms with van der Waals surface area (Å²) in [5, 5.41) is 5.74. The number of hydrogen-bond donors (Lipinski definition) is 1. The Hall–Kier alpha value is -0.160. The third-order valence-electron chi connectivity index (χ3n) is 2.91. The van der Waals surface area contributed by atoms with E-state index in [0.29, 0.717) is 12.1 Å². The van der Waals surface area contributed by atoms with Crippen LogP contribution in [0.5, 0.6) is 0 Å². The van der Waals surface area contributed by atoms with Gasteiger partial charge in [0.25, 0.3) is 0 Å². The SMILES string of the molecule is CC(N[C@H](C)c1ccc(Br)cc1)c1sccc1Br. The average Bonchev–Trinajstić information content (AvgIpc) is 2.76. The molecule has 1 heterocycles. The first-order chi connectivity index (χ1) is 8.58. The molecule has 1 N–H and O–H groups in total. The van der Waals surface area contributed by atoms with Gasteiger partial charge < -0.3 is 5.32 Å². The largest absolute Gasteiger partial charge is 0.303 e. The number of thiophene rings is 1. The summed E-state index contributed by atoms with van der Waals surface area (Å²) in [7, 11) is 0. The standard InChI is InChI=1S/C14H15Br2NS/c1-9(11-3-5-12(15)6-4-11)17-10(2)14-13(16)7-8-18-14/h3-10,17H,1-2H3/t9-,10?/m1/s1. The molecule has 0 bridgehead atoms. The third-order valence-corrected chi connectivity index (χ3v) is 5.49. The van der Waals surface area contributed by atoms with Crippen LogP contribution in [-0.2, 0) is 0 Å². The summed E-state index contributed by atoms with van der Waals surface area (Å²) >= 11 is 8.83. The highest BCUT2D eigenvalue weighted by molar-refractivity contribution is 9.10. The lowest BCUT2D eigenvalue weighted by atomic mass is 10.1. The van der Waals surface area contributed by atoms with E-state index in [1.54, 1.807) is 11.3 Å². The van der Waals surface area contributed by atoms with Gasteiger partial charge in [-0.25, -0.2) is 0 Å². The predicted octanol–water partition coefficient (Wildman–Crippen LogP) is 5.68. The van der Waals surface area contributed by atoms with Crippen molar-refractivity contribution in [2.75, 3.05) is 0 Å². The zero-order valence-electron chi connectivity index (χ0n) is 10.3. The summed E-state index contributed by atoms with van der Waals surface area (Å²) in [5.41, 5.74) is 1.30. The molecule has 0 radical (unpaired) electrons. The van der Waals surface area contributed by atoms with E-state index in [1.165, 1.54) is 14.9 Å². The van der Waals surface area contributed by atoms with Gasteiger partial charge in [0.2, 0.25) is 0 Å². The minimum absolute atomic E-state index is 0.335. The van der Waals surface area contributed by atoms with Crippen molar-refractivity contribution in [1.29, 1.82) is 0 Å². The van der Waals surface area contributed by atoms with Crippen molar-refractivity contribution < 1.29 is 0 Å². The summed E-state index contributed by atoms with van der Waals surface area (Å²) in [6.45, 7) is 4.40. The molecule has 96 valence electrons. The van der Waals surface area contributed by atoms with Gasteiger partial charge in [-0.05, 0) is 58.9 Å². The molecule has 4 heteroatoms. The molecule has 0 aliphatic heterocycles. The molecule has 1 aromatic carbocycles. The van der Waals surface area contributed by atoms with E-state index in [2.05, 4.69) is 86.7 Å². The highest BCUT2D eigenvalue weighted by Gasteiger charge is 2.14. The Morgan fingerprint density at radius 3 is 2.22 bits per heavy atom. The van der Waals surface area contributed by atoms with E-state index in [4.69, 9.17) is 0 Å². The molecule has 18 heavy (non-hydrogen) atoms. The highest BCUT2D eigenvalue weighted by atomic mass is 79.9. The lowest BCUT2D eigenvalue weighted by Crippen LogP contribution is -2.21. The molecular formula is C14H15Br2NS. The minimum atomic E-state index is 0.335. The maximum absolute atomic E-state index is 3.62. The summed E-state index contributed by atoms with van der Waals surface area (Å²) in [5.74, 6) is 0. The molecule has 0 saturated carbocycles. The van der Waals surface area contributed by atoms with Crippen molar-refractivity contribution in [3.63, 3.8) is 0 Å². The van der Waals surface area contributed by atoms with Crippen LogP contribution in [0.25, 0.3) is 0 Å².